The van der Waals surface area contributed by atoms with Crippen molar-refractivity contribution in [3.63, 3.8) is 0 Å². The molecule has 6 nitrogen and oxygen atoms in total. The number of rotatable bonds is 4. The normalized spacial score (nSPS) is 13.1. The molecule has 1 amide bonds. The molecule has 1 aliphatic heterocycles. The van der Waals surface area contributed by atoms with Gasteiger partial charge in [0.15, 0.2) is 0 Å². The number of hydrogen-bond donors (Lipinski definition) is 1. The molecule has 0 radical (unpaired) electrons. The van der Waals surface area contributed by atoms with Crippen molar-refractivity contribution in [2.24, 2.45) is 7.05 Å². The standard InChI is InChI=1S/C24H22FN5O/c1-29-22(14-20(28-29)16-9-11-17(25)12-10-16)24(31)27-19-7-3-2-6-18(19)21-15-30-13-5-4-8-23(30)26-21/h2-3,6-7,9-12,14-15H,4-5,8,13H2,1H3,(H,27,31). The Bertz CT molecular complexity index is 1230. The fourth-order valence-corrected chi connectivity index (χ4v) is 3.99. The van der Waals surface area contributed by atoms with Gasteiger partial charge in [-0.05, 0) is 49.2 Å². The molecule has 31 heavy (non-hydrogen) atoms. The minimum atomic E-state index is -0.310. The van der Waals surface area contributed by atoms with Crippen LogP contribution in [-0.4, -0.2) is 25.2 Å². The van der Waals surface area contributed by atoms with Gasteiger partial charge in [-0.1, -0.05) is 18.2 Å². The molecule has 5 rings (SSSR count). The van der Waals surface area contributed by atoms with Gasteiger partial charge in [0.1, 0.15) is 17.3 Å². The molecule has 0 saturated heterocycles. The number of carbonyl (C=O) groups excluding carboxylic acids is 1. The molecular formula is C24H22FN5O. The van der Waals surface area contributed by atoms with Gasteiger partial charge in [-0.15, -0.1) is 0 Å². The van der Waals surface area contributed by atoms with Crippen molar-refractivity contribution < 1.29 is 9.18 Å². The van der Waals surface area contributed by atoms with E-state index in [0.717, 1.165) is 48.5 Å². The molecule has 1 aliphatic rings. The minimum Gasteiger partial charge on any atom is -0.334 e. The highest BCUT2D eigenvalue weighted by molar-refractivity contribution is 6.05. The van der Waals surface area contributed by atoms with Crippen LogP contribution in [0, 0.1) is 5.82 Å². The third-order valence-electron chi connectivity index (χ3n) is 5.61. The van der Waals surface area contributed by atoms with E-state index in [0.29, 0.717) is 17.1 Å². The summed E-state index contributed by atoms with van der Waals surface area (Å²) in [7, 11) is 1.72. The van der Waals surface area contributed by atoms with Crippen LogP contribution in [-0.2, 0) is 20.0 Å². The Balaban J connectivity index is 1.43. The molecular weight excluding hydrogens is 393 g/mol. The summed E-state index contributed by atoms with van der Waals surface area (Å²) < 4.78 is 16.9. The fourth-order valence-electron chi connectivity index (χ4n) is 3.99. The van der Waals surface area contributed by atoms with Crippen LogP contribution in [0.15, 0.2) is 60.8 Å². The number of para-hydroxylation sites is 1. The zero-order valence-corrected chi connectivity index (χ0v) is 17.2. The number of fused-ring (bicyclic) bond motifs is 1. The van der Waals surface area contributed by atoms with Crippen LogP contribution < -0.4 is 5.32 Å². The molecule has 0 atom stereocenters. The van der Waals surface area contributed by atoms with Crippen LogP contribution in [0.25, 0.3) is 22.5 Å². The summed E-state index contributed by atoms with van der Waals surface area (Å²) in [5, 5.41) is 7.43. The lowest BCUT2D eigenvalue weighted by Crippen LogP contribution is -2.16. The summed E-state index contributed by atoms with van der Waals surface area (Å²) in [5.41, 5.74) is 4.23. The minimum absolute atomic E-state index is 0.264. The number of aromatic nitrogens is 4. The molecule has 4 aromatic rings. The van der Waals surface area contributed by atoms with Crippen LogP contribution >= 0.6 is 0 Å². The molecule has 7 heteroatoms. The molecule has 2 aromatic carbocycles. The molecule has 3 heterocycles. The maximum absolute atomic E-state index is 13.2. The lowest BCUT2D eigenvalue weighted by atomic mass is 10.1. The van der Waals surface area contributed by atoms with Gasteiger partial charge in [-0.3, -0.25) is 9.48 Å². The summed E-state index contributed by atoms with van der Waals surface area (Å²) in [5.74, 6) is 0.521. The predicted octanol–water partition coefficient (Wildman–Crippen LogP) is 4.68. The molecule has 0 unspecified atom stereocenters. The monoisotopic (exact) mass is 415 g/mol. The van der Waals surface area contributed by atoms with E-state index in [1.807, 2.05) is 24.3 Å². The van der Waals surface area contributed by atoms with Gasteiger partial charge < -0.3 is 9.88 Å². The van der Waals surface area contributed by atoms with Crippen LogP contribution in [0.5, 0.6) is 0 Å². The quantitative estimate of drug-likeness (QED) is 0.526. The summed E-state index contributed by atoms with van der Waals surface area (Å²) in [6, 6.07) is 15.4. The molecule has 0 aliphatic carbocycles. The van der Waals surface area contributed by atoms with E-state index in [9.17, 15) is 9.18 Å². The van der Waals surface area contributed by atoms with E-state index < -0.39 is 0 Å². The van der Waals surface area contributed by atoms with E-state index in [4.69, 9.17) is 4.98 Å². The Labute approximate surface area is 179 Å². The van der Waals surface area contributed by atoms with Crippen molar-refractivity contribution in [1.29, 1.82) is 0 Å². The van der Waals surface area contributed by atoms with Crippen molar-refractivity contribution in [2.75, 3.05) is 5.32 Å². The van der Waals surface area contributed by atoms with Crippen LogP contribution in [0.1, 0.15) is 29.2 Å². The fraction of sp³-hybridized carbons (Fsp3) is 0.208. The predicted molar refractivity (Wildman–Crippen MR) is 117 cm³/mol. The van der Waals surface area contributed by atoms with Crippen molar-refractivity contribution in [3.05, 3.63) is 78.1 Å². The first-order valence-corrected chi connectivity index (χ1v) is 10.4. The number of hydrogen-bond acceptors (Lipinski definition) is 3. The lowest BCUT2D eigenvalue weighted by Gasteiger charge is -2.11. The highest BCUT2D eigenvalue weighted by Gasteiger charge is 2.19. The summed E-state index contributed by atoms with van der Waals surface area (Å²) in [4.78, 5) is 17.8. The van der Waals surface area contributed by atoms with E-state index in [1.165, 1.54) is 16.8 Å². The lowest BCUT2D eigenvalue weighted by molar-refractivity contribution is 0.101. The SMILES string of the molecule is Cn1nc(-c2ccc(F)cc2)cc1C(=O)Nc1ccccc1-c1cn2c(n1)CCCC2. The Kier molecular flexibility index (Phi) is 4.86. The van der Waals surface area contributed by atoms with E-state index >= 15 is 0 Å². The van der Waals surface area contributed by atoms with Crippen molar-refractivity contribution in [2.45, 2.75) is 25.8 Å². The summed E-state index contributed by atoms with van der Waals surface area (Å²) >= 11 is 0. The number of halogens is 1. The maximum Gasteiger partial charge on any atom is 0.273 e. The number of imidazole rings is 1. The number of anilines is 1. The van der Waals surface area contributed by atoms with Gasteiger partial charge in [0.05, 0.1) is 17.1 Å². The molecule has 0 spiro atoms. The van der Waals surface area contributed by atoms with E-state index in [1.54, 1.807) is 25.2 Å². The van der Waals surface area contributed by atoms with Gasteiger partial charge in [0, 0.05) is 37.3 Å². The zero-order valence-electron chi connectivity index (χ0n) is 17.2. The van der Waals surface area contributed by atoms with Crippen LogP contribution in [0.4, 0.5) is 10.1 Å². The largest absolute Gasteiger partial charge is 0.334 e. The number of nitrogens with zero attached hydrogens (tertiary/aromatic N) is 4. The Morgan fingerprint density at radius 2 is 1.87 bits per heavy atom. The van der Waals surface area contributed by atoms with Gasteiger partial charge in [-0.25, -0.2) is 9.37 Å². The molecule has 2 aromatic heterocycles. The maximum atomic E-state index is 13.2. The molecule has 0 saturated carbocycles. The van der Waals surface area contributed by atoms with Gasteiger partial charge >= 0.3 is 0 Å². The van der Waals surface area contributed by atoms with Gasteiger partial charge in [0.25, 0.3) is 5.91 Å². The number of carbonyl (C=O) groups is 1. The second-order valence-electron chi connectivity index (χ2n) is 7.74. The second-order valence-corrected chi connectivity index (χ2v) is 7.74. The smallest absolute Gasteiger partial charge is 0.273 e. The van der Waals surface area contributed by atoms with Crippen LogP contribution in [0.3, 0.4) is 0 Å². The van der Waals surface area contributed by atoms with E-state index in [-0.39, 0.29) is 11.7 Å². The van der Waals surface area contributed by atoms with Crippen LogP contribution in [0.2, 0.25) is 0 Å². The van der Waals surface area contributed by atoms with Gasteiger partial charge in [-0.2, -0.15) is 5.10 Å². The second kappa shape index (κ2) is 7.83. The average Bonchev–Trinajstić information content (AvgIpc) is 3.38. The Hall–Kier alpha value is -3.74. The van der Waals surface area contributed by atoms with Gasteiger partial charge in [0.2, 0.25) is 0 Å². The summed E-state index contributed by atoms with van der Waals surface area (Å²) in [6.45, 7) is 0.984. The third-order valence-corrected chi connectivity index (χ3v) is 5.61. The number of amides is 1. The molecule has 156 valence electrons. The first-order valence-electron chi connectivity index (χ1n) is 10.4. The molecule has 0 bridgehead atoms. The van der Waals surface area contributed by atoms with Crippen molar-refractivity contribution >= 4 is 11.6 Å². The summed E-state index contributed by atoms with van der Waals surface area (Å²) in [6.07, 6.45) is 5.37. The van der Waals surface area contributed by atoms with Crippen molar-refractivity contribution in [1.82, 2.24) is 19.3 Å². The number of aryl methyl sites for hydroxylation is 3. The van der Waals surface area contributed by atoms with E-state index in [2.05, 4.69) is 21.2 Å². The Morgan fingerprint density at radius 1 is 1.06 bits per heavy atom. The molecule has 0 fully saturated rings. The Morgan fingerprint density at radius 3 is 2.68 bits per heavy atom. The van der Waals surface area contributed by atoms with Crippen molar-refractivity contribution in [3.8, 4) is 22.5 Å². The number of benzene rings is 2. The topological polar surface area (TPSA) is 64.7 Å². The highest BCUT2D eigenvalue weighted by atomic mass is 19.1. The average molecular weight is 415 g/mol. The third kappa shape index (κ3) is 3.74. The zero-order chi connectivity index (χ0) is 21.4. The highest BCUT2D eigenvalue weighted by Crippen LogP contribution is 2.29. The first kappa shape index (κ1) is 19.2. The first-order chi connectivity index (χ1) is 15.1. The number of nitrogens with one attached hydrogen (secondary N) is 1. The molecule has 1 N–H and O–H groups in total.